The van der Waals surface area contributed by atoms with Crippen LogP contribution in [0.5, 0.6) is 0 Å². The second kappa shape index (κ2) is 5.30. The van der Waals surface area contributed by atoms with Crippen LogP contribution in [-0.2, 0) is 0 Å². The van der Waals surface area contributed by atoms with Crippen LogP contribution in [-0.4, -0.2) is 58.4 Å². The van der Waals surface area contributed by atoms with E-state index in [2.05, 4.69) is 33.8 Å². The summed E-state index contributed by atoms with van der Waals surface area (Å²) >= 11 is 0. The summed E-state index contributed by atoms with van der Waals surface area (Å²) in [4.78, 5) is 15.2. The van der Waals surface area contributed by atoms with Gasteiger partial charge in [0, 0.05) is 32.2 Å². The van der Waals surface area contributed by atoms with Crippen molar-refractivity contribution in [3.8, 4) is 0 Å². The van der Waals surface area contributed by atoms with Gasteiger partial charge in [-0.25, -0.2) is 4.79 Å². The summed E-state index contributed by atoms with van der Waals surface area (Å²) in [6.07, 6.45) is 0. The topological polar surface area (TPSA) is 69.6 Å². The van der Waals surface area contributed by atoms with Crippen molar-refractivity contribution in [3.63, 3.8) is 0 Å². The Labute approximate surface area is 106 Å². The number of piperazine rings is 1. The van der Waals surface area contributed by atoms with Crippen molar-refractivity contribution >= 4 is 11.8 Å². The first kappa shape index (κ1) is 12.8. The molecule has 1 aromatic rings. The Morgan fingerprint density at radius 2 is 1.89 bits per heavy atom. The van der Waals surface area contributed by atoms with E-state index in [1.165, 1.54) is 6.07 Å². The first-order valence-corrected chi connectivity index (χ1v) is 6.14. The molecule has 6 heteroatoms. The molecule has 1 aliphatic rings. The van der Waals surface area contributed by atoms with E-state index in [4.69, 9.17) is 5.11 Å². The highest BCUT2D eigenvalue weighted by molar-refractivity contribution is 5.85. The van der Waals surface area contributed by atoms with E-state index in [0.717, 1.165) is 32.0 Å². The lowest BCUT2D eigenvalue weighted by molar-refractivity contribution is 0.0689. The quantitative estimate of drug-likeness (QED) is 0.852. The maximum Gasteiger partial charge on any atom is 0.356 e. The van der Waals surface area contributed by atoms with Crippen LogP contribution in [0.2, 0.25) is 0 Å². The number of aromatic nitrogens is 2. The molecule has 0 spiro atoms. The van der Waals surface area contributed by atoms with Gasteiger partial charge in [-0.3, -0.25) is 4.90 Å². The van der Waals surface area contributed by atoms with Crippen molar-refractivity contribution < 1.29 is 9.90 Å². The van der Waals surface area contributed by atoms with Crippen LogP contribution in [0.3, 0.4) is 0 Å². The van der Waals surface area contributed by atoms with Gasteiger partial charge < -0.3 is 10.0 Å². The van der Waals surface area contributed by atoms with Gasteiger partial charge in [-0.2, -0.15) is 0 Å². The van der Waals surface area contributed by atoms with Crippen LogP contribution in [0.25, 0.3) is 0 Å². The molecule has 0 radical (unpaired) electrons. The smallest absolute Gasteiger partial charge is 0.356 e. The van der Waals surface area contributed by atoms with Gasteiger partial charge in [-0.05, 0) is 26.0 Å². The SMILES string of the molecule is CC(C)N1CCN(c2ccc(C(=O)O)nn2)CC1. The van der Waals surface area contributed by atoms with Crippen LogP contribution < -0.4 is 4.90 Å². The molecule has 1 N–H and O–H groups in total. The third-order valence-corrected chi connectivity index (χ3v) is 3.24. The molecule has 0 aliphatic carbocycles. The van der Waals surface area contributed by atoms with Crippen LogP contribution in [0.4, 0.5) is 5.82 Å². The number of anilines is 1. The standard InChI is InChI=1S/C12H18N4O2/c1-9(2)15-5-7-16(8-6-15)11-4-3-10(12(17)18)13-14-11/h3-4,9H,5-8H2,1-2H3,(H,17,18). The molecule has 98 valence electrons. The van der Waals surface area contributed by atoms with E-state index in [0.29, 0.717) is 6.04 Å². The van der Waals surface area contributed by atoms with Gasteiger partial charge in [0.15, 0.2) is 11.5 Å². The van der Waals surface area contributed by atoms with Gasteiger partial charge in [-0.15, -0.1) is 10.2 Å². The molecule has 6 nitrogen and oxygen atoms in total. The number of rotatable bonds is 3. The van der Waals surface area contributed by atoms with Crippen molar-refractivity contribution in [3.05, 3.63) is 17.8 Å². The molecule has 0 bridgehead atoms. The molecule has 1 aliphatic heterocycles. The lowest BCUT2D eigenvalue weighted by atomic mass is 10.2. The van der Waals surface area contributed by atoms with Gasteiger partial charge >= 0.3 is 5.97 Å². The fourth-order valence-corrected chi connectivity index (χ4v) is 2.08. The number of hydrogen-bond donors (Lipinski definition) is 1. The van der Waals surface area contributed by atoms with Crippen molar-refractivity contribution in [1.82, 2.24) is 15.1 Å². The van der Waals surface area contributed by atoms with Crippen molar-refractivity contribution in [2.24, 2.45) is 0 Å². The van der Waals surface area contributed by atoms with Gasteiger partial charge in [0.05, 0.1) is 0 Å². The lowest BCUT2D eigenvalue weighted by Crippen LogP contribution is -2.49. The number of nitrogens with zero attached hydrogens (tertiary/aromatic N) is 4. The Hall–Kier alpha value is -1.69. The maximum absolute atomic E-state index is 10.7. The molecule has 1 aromatic heterocycles. The number of carboxylic acid groups (broad SMARTS) is 1. The van der Waals surface area contributed by atoms with E-state index in [1.54, 1.807) is 6.07 Å². The molecule has 0 amide bonds. The van der Waals surface area contributed by atoms with Gasteiger partial charge in [0.25, 0.3) is 0 Å². The van der Waals surface area contributed by atoms with Crippen LogP contribution in [0.15, 0.2) is 12.1 Å². The normalized spacial score (nSPS) is 17.2. The molecule has 0 unspecified atom stereocenters. The summed E-state index contributed by atoms with van der Waals surface area (Å²) in [6, 6.07) is 3.79. The van der Waals surface area contributed by atoms with Crippen LogP contribution >= 0.6 is 0 Å². The van der Waals surface area contributed by atoms with Gasteiger partial charge in [-0.1, -0.05) is 0 Å². The minimum atomic E-state index is -1.04. The van der Waals surface area contributed by atoms with Crippen LogP contribution in [0.1, 0.15) is 24.3 Å². The monoisotopic (exact) mass is 250 g/mol. The predicted octanol–water partition coefficient (Wildman–Crippen LogP) is 0.705. The average molecular weight is 250 g/mol. The molecule has 1 saturated heterocycles. The van der Waals surface area contributed by atoms with E-state index >= 15 is 0 Å². The van der Waals surface area contributed by atoms with Crippen molar-refractivity contribution in [1.29, 1.82) is 0 Å². The van der Waals surface area contributed by atoms with E-state index in [1.807, 2.05) is 0 Å². The molecule has 0 aromatic carbocycles. The number of carboxylic acids is 1. The average Bonchev–Trinajstić information content (AvgIpc) is 2.39. The zero-order chi connectivity index (χ0) is 13.1. The minimum Gasteiger partial charge on any atom is -0.476 e. The summed E-state index contributed by atoms with van der Waals surface area (Å²) in [7, 11) is 0. The number of aromatic carboxylic acids is 1. The molecule has 1 fully saturated rings. The molecule has 0 atom stereocenters. The Morgan fingerprint density at radius 1 is 1.22 bits per heavy atom. The largest absolute Gasteiger partial charge is 0.476 e. The van der Waals surface area contributed by atoms with Gasteiger partial charge in [0.1, 0.15) is 0 Å². The number of hydrogen-bond acceptors (Lipinski definition) is 5. The highest BCUT2D eigenvalue weighted by atomic mass is 16.4. The summed E-state index contributed by atoms with van der Waals surface area (Å²) < 4.78 is 0. The van der Waals surface area contributed by atoms with Crippen molar-refractivity contribution in [2.45, 2.75) is 19.9 Å². The van der Waals surface area contributed by atoms with Crippen molar-refractivity contribution in [2.75, 3.05) is 31.1 Å². The molecular weight excluding hydrogens is 232 g/mol. The summed E-state index contributed by atoms with van der Waals surface area (Å²) in [5.74, 6) is -0.290. The zero-order valence-corrected chi connectivity index (χ0v) is 10.7. The van der Waals surface area contributed by atoms with E-state index < -0.39 is 5.97 Å². The Kier molecular flexibility index (Phi) is 3.76. The second-order valence-electron chi connectivity index (χ2n) is 4.70. The van der Waals surface area contributed by atoms with Gasteiger partial charge in [0.2, 0.25) is 0 Å². The molecular formula is C12H18N4O2. The minimum absolute atomic E-state index is 0.0143. The summed E-state index contributed by atoms with van der Waals surface area (Å²) in [5, 5.41) is 16.4. The molecule has 2 heterocycles. The summed E-state index contributed by atoms with van der Waals surface area (Å²) in [5.41, 5.74) is -0.0143. The molecule has 0 saturated carbocycles. The maximum atomic E-state index is 10.7. The highest BCUT2D eigenvalue weighted by Crippen LogP contribution is 2.13. The van der Waals surface area contributed by atoms with Crippen LogP contribution in [0, 0.1) is 0 Å². The molecule has 18 heavy (non-hydrogen) atoms. The van der Waals surface area contributed by atoms with E-state index in [9.17, 15) is 4.79 Å². The Morgan fingerprint density at radius 3 is 2.33 bits per heavy atom. The third kappa shape index (κ3) is 2.76. The predicted molar refractivity (Wildman–Crippen MR) is 67.9 cm³/mol. The zero-order valence-electron chi connectivity index (χ0n) is 10.7. The fourth-order valence-electron chi connectivity index (χ4n) is 2.08. The highest BCUT2D eigenvalue weighted by Gasteiger charge is 2.20. The second-order valence-corrected chi connectivity index (χ2v) is 4.70. The van der Waals surface area contributed by atoms with E-state index in [-0.39, 0.29) is 5.69 Å². The fraction of sp³-hybridized carbons (Fsp3) is 0.583. The number of carbonyl (C=O) groups is 1. The Bertz CT molecular complexity index is 411. The third-order valence-electron chi connectivity index (χ3n) is 3.24. The first-order chi connectivity index (χ1) is 8.58. The Balaban J connectivity index is 1.99. The first-order valence-electron chi connectivity index (χ1n) is 6.14. The molecule has 2 rings (SSSR count). The lowest BCUT2D eigenvalue weighted by Gasteiger charge is -2.37. The summed E-state index contributed by atoms with van der Waals surface area (Å²) in [6.45, 7) is 8.19.